The van der Waals surface area contributed by atoms with Crippen LogP contribution in [0.3, 0.4) is 0 Å². The van der Waals surface area contributed by atoms with E-state index in [4.69, 9.17) is 18.9 Å². The van der Waals surface area contributed by atoms with Crippen LogP contribution in [0.15, 0.2) is 42.5 Å². The number of hydrogen-bond donors (Lipinski definition) is 1. The first-order valence-electron chi connectivity index (χ1n) is 10.1. The number of rotatable bonds is 9. The van der Waals surface area contributed by atoms with E-state index in [1.165, 1.54) is 0 Å². The molecule has 1 N–H and O–H groups in total. The van der Waals surface area contributed by atoms with Gasteiger partial charge in [-0.05, 0) is 37.6 Å². The molecule has 1 fully saturated rings. The minimum atomic E-state index is -0.205. The lowest BCUT2D eigenvalue weighted by Gasteiger charge is -2.29. The standard InChI is InChI=1S/C23H30N2O5/c1-25-10-8-19(9-11-25)30-18-6-4-17(5-7-18)15-24-23(26)16-29-22-13-20(27-2)12-21(14-22)28-3/h4-7,12-14,19H,8-11,15-16H2,1-3H3,(H,24,26). The third-order valence-electron chi connectivity index (χ3n) is 5.08. The largest absolute Gasteiger partial charge is 0.496 e. The molecule has 1 heterocycles. The minimum absolute atomic E-state index is 0.0896. The Hall–Kier alpha value is -2.93. The van der Waals surface area contributed by atoms with Gasteiger partial charge in [0.25, 0.3) is 5.91 Å². The van der Waals surface area contributed by atoms with Gasteiger partial charge >= 0.3 is 0 Å². The Morgan fingerprint density at radius 1 is 0.967 bits per heavy atom. The monoisotopic (exact) mass is 414 g/mol. The molecule has 30 heavy (non-hydrogen) atoms. The van der Waals surface area contributed by atoms with Gasteiger partial charge in [-0.25, -0.2) is 0 Å². The highest BCUT2D eigenvalue weighted by Gasteiger charge is 2.17. The Bertz CT molecular complexity index is 795. The van der Waals surface area contributed by atoms with Crippen LogP contribution in [0, 0.1) is 0 Å². The van der Waals surface area contributed by atoms with Gasteiger partial charge < -0.3 is 29.2 Å². The average Bonchev–Trinajstić information content (AvgIpc) is 2.78. The molecule has 0 saturated carbocycles. The molecule has 0 bridgehead atoms. The maximum Gasteiger partial charge on any atom is 0.258 e. The van der Waals surface area contributed by atoms with Crippen molar-refractivity contribution in [3.63, 3.8) is 0 Å². The molecule has 7 nitrogen and oxygen atoms in total. The van der Waals surface area contributed by atoms with E-state index < -0.39 is 0 Å². The van der Waals surface area contributed by atoms with Crippen molar-refractivity contribution in [3.05, 3.63) is 48.0 Å². The van der Waals surface area contributed by atoms with E-state index in [0.717, 1.165) is 37.2 Å². The molecule has 0 radical (unpaired) electrons. The zero-order valence-electron chi connectivity index (χ0n) is 17.8. The number of nitrogens with one attached hydrogen (secondary N) is 1. The van der Waals surface area contributed by atoms with E-state index >= 15 is 0 Å². The first kappa shape index (κ1) is 21.8. The summed E-state index contributed by atoms with van der Waals surface area (Å²) >= 11 is 0. The van der Waals surface area contributed by atoms with E-state index in [1.54, 1.807) is 32.4 Å². The molecule has 7 heteroatoms. The van der Waals surface area contributed by atoms with Crippen molar-refractivity contribution in [1.82, 2.24) is 10.2 Å². The van der Waals surface area contributed by atoms with E-state index in [1.807, 2.05) is 24.3 Å². The number of carbonyl (C=O) groups excluding carboxylic acids is 1. The Kier molecular flexibility index (Phi) is 7.79. The molecule has 1 amide bonds. The quantitative estimate of drug-likeness (QED) is 0.681. The fraction of sp³-hybridized carbons (Fsp3) is 0.435. The second-order valence-electron chi connectivity index (χ2n) is 7.38. The summed E-state index contributed by atoms with van der Waals surface area (Å²) in [7, 11) is 5.27. The topological polar surface area (TPSA) is 69.3 Å². The van der Waals surface area contributed by atoms with E-state index in [-0.39, 0.29) is 18.6 Å². The van der Waals surface area contributed by atoms with Crippen LogP contribution in [0.25, 0.3) is 0 Å². The van der Waals surface area contributed by atoms with Gasteiger partial charge in [0.05, 0.1) is 14.2 Å². The Labute approximate surface area is 177 Å². The molecule has 0 spiro atoms. The molecule has 1 aliphatic rings. The molecule has 162 valence electrons. The van der Waals surface area contributed by atoms with Crippen molar-refractivity contribution in [1.29, 1.82) is 0 Å². The summed E-state index contributed by atoms with van der Waals surface area (Å²) in [5.74, 6) is 2.38. The average molecular weight is 415 g/mol. The fourth-order valence-electron chi connectivity index (χ4n) is 3.25. The first-order chi connectivity index (χ1) is 14.6. The third-order valence-corrected chi connectivity index (χ3v) is 5.08. The van der Waals surface area contributed by atoms with Gasteiger partial charge in [0.2, 0.25) is 0 Å². The number of nitrogens with zero attached hydrogens (tertiary/aromatic N) is 1. The summed E-state index contributed by atoms with van der Waals surface area (Å²) < 4.78 is 22.0. The second kappa shape index (κ2) is 10.7. The van der Waals surface area contributed by atoms with Gasteiger partial charge in [0, 0.05) is 37.8 Å². The first-order valence-corrected chi connectivity index (χ1v) is 10.1. The normalized spacial score (nSPS) is 14.8. The zero-order valence-corrected chi connectivity index (χ0v) is 17.8. The van der Waals surface area contributed by atoms with Crippen LogP contribution in [-0.2, 0) is 11.3 Å². The highest BCUT2D eigenvalue weighted by Crippen LogP contribution is 2.27. The molecule has 0 aliphatic carbocycles. The van der Waals surface area contributed by atoms with Crippen molar-refractivity contribution < 1.29 is 23.7 Å². The van der Waals surface area contributed by atoms with Gasteiger partial charge in [0.15, 0.2) is 6.61 Å². The number of carbonyl (C=O) groups is 1. The van der Waals surface area contributed by atoms with Crippen molar-refractivity contribution in [2.75, 3.05) is 41.0 Å². The van der Waals surface area contributed by atoms with Gasteiger partial charge in [-0.1, -0.05) is 12.1 Å². The number of likely N-dealkylation sites (tertiary alicyclic amines) is 1. The smallest absolute Gasteiger partial charge is 0.258 e. The number of benzene rings is 2. The molecule has 1 aliphatic heterocycles. The number of amides is 1. The van der Waals surface area contributed by atoms with Crippen LogP contribution in [0.1, 0.15) is 18.4 Å². The lowest BCUT2D eigenvalue weighted by atomic mass is 10.1. The van der Waals surface area contributed by atoms with Crippen LogP contribution in [0.2, 0.25) is 0 Å². The Balaban J connectivity index is 1.42. The second-order valence-corrected chi connectivity index (χ2v) is 7.38. The zero-order chi connectivity index (χ0) is 21.3. The molecular weight excluding hydrogens is 384 g/mol. The minimum Gasteiger partial charge on any atom is -0.496 e. The van der Waals surface area contributed by atoms with Crippen LogP contribution < -0.4 is 24.3 Å². The van der Waals surface area contributed by atoms with E-state index in [9.17, 15) is 4.79 Å². The predicted octanol–water partition coefficient (Wildman–Crippen LogP) is 2.87. The highest BCUT2D eigenvalue weighted by molar-refractivity contribution is 5.77. The number of methoxy groups -OCH3 is 2. The molecule has 0 aromatic heterocycles. The summed E-state index contributed by atoms with van der Waals surface area (Å²) in [5.41, 5.74) is 1.00. The van der Waals surface area contributed by atoms with Gasteiger partial charge in [-0.3, -0.25) is 4.79 Å². The van der Waals surface area contributed by atoms with Crippen LogP contribution in [0.4, 0.5) is 0 Å². The maximum atomic E-state index is 12.1. The molecule has 2 aromatic carbocycles. The van der Waals surface area contributed by atoms with Crippen molar-refractivity contribution in [3.8, 4) is 23.0 Å². The fourth-order valence-corrected chi connectivity index (χ4v) is 3.25. The van der Waals surface area contributed by atoms with Crippen LogP contribution in [-0.4, -0.2) is 57.9 Å². The van der Waals surface area contributed by atoms with Crippen LogP contribution in [0.5, 0.6) is 23.0 Å². The summed E-state index contributed by atoms with van der Waals surface area (Å²) in [6, 6.07) is 13.0. The summed E-state index contributed by atoms with van der Waals surface area (Å²) in [4.78, 5) is 14.4. The van der Waals surface area contributed by atoms with E-state index in [2.05, 4.69) is 17.3 Å². The molecule has 1 saturated heterocycles. The van der Waals surface area contributed by atoms with Gasteiger partial charge in [0.1, 0.15) is 29.1 Å². The molecule has 0 unspecified atom stereocenters. The lowest BCUT2D eigenvalue weighted by molar-refractivity contribution is -0.123. The Morgan fingerprint density at radius 3 is 2.17 bits per heavy atom. The Morgan fingerprint density at radius 2 is 1.57 bits per heavy atom. The number of hydrogen-bond acceptors (Lipinski definition) is 6. The van der Waals surface area contributed by atoms with Crippen molar-refractivity contribution in [2.45, 2.75) is 25.5 Å². The SMILES string of the molecule is COc1cc(OC)cc(OCC(=O)NCc2ccc(OC3CCN(C)CC3)cc2)c1. The summed E-state index contributed by atoms with van der Waals surface area (Å²) in [6.07, 6.45) is 2.38. The summed E-state index contributed by atoms with van der Waals surface area (Å²) in [5, 5.41) is 2.86. The van der Waals surface area contributed by atoms with Gasteiger partial charge in [-0.15, -0.1) is 0 Å². The molecule has 2 aromatic rings. The van der Waals surface area contributed by atoms with Crippen molar-refractivity contribution in [2.24, 2.45) is 0 Å². The van der Waals surface area contributed by atoms with E-state index in [0.29, 0.717) is 23.8 Å². The summed E-state index contributed by atoms with van der Waals surface area (Å²) in [6.45, 7) is 2.48. The number of ether oxygens (including phenoxy) is 4. The lowest BCUT2D eigenvalue weighted by Crippen LogP contribution is -2.35. The van der Waals surface area contributed by atoms with Crippen LogP contribution >= 0.6 is 0 Å². The third kappa shape index (κ3) is 6.56. The molecule has 0 atom stereocenters. The molecule has 3 rings (SSSR count). The molecular formula is C23H30N2O5. The number of piperidine rings is 1. The van der Waals surface area contributed by atoms with Crippen molar-refractivity contribution >= 4 is 5.91 Å². The predicted molar refractivity (Wildman–Crippen MR) is 114 cm³/mol. The highest BCUT2D eigenvalue weighted by atomic mass is 16.5. The maximum absolute atomic E-state index is 12.1. The van der Waals surface area contributed by atoms with Gasteiger partial charge in [-0.2, -0.15) is 0 Å².